The maximum Gasteiger partial charge on any atom is 0.224 e. The van der Waals surface area contributed by atoms with Crippen LogP contribution in [0.1, 0.15) is 63.6 Å². The molecule has 1 spiro atoms. The molecular weight excluding hydrogens is 456 g/mol. The average molecular weight is 495 g/mol. The largest absolute Gasteiger partial charge is 0.365 e. The third-order valence-corrected chi connectivity index (χ3v) is 7.90. The second-order valence-electron chi connectivity index (χ2n) is 12.2. The Balaban J connectivity index is 1.19. The molecule has 2 aromatic carbocycles. The first kappa shape index (κ1) is 24.5. The van der Waals surface area contributed by atoms with Crippen molar-refractivity contribution < 1.29 is 28.4 Å². The van der Waals surface area contributed by atoms with Gasteiger partial charge in [-0.15, -0.1) is 0 Å². The van der Waals surface area contributed by atoms with Crippen LogP contribution in [-0.4, -0.2) is 49.4 Å². The minimum Gasteiger partial charge on any atom is -0.365 e. The normalized spacial score (nSPS) is 37.2. The fraction of sp³-hybridized carbons (Fsp3) is 0.600. The standard InChI is InChI=1S/C30H38O6/c1-28(2,3)21-13-11-19(12-14-21)16-31-26-25-24(17-32-30(26)18-33-29(4,5)36-30)34-27(35-25)23-15-22(23)20-9-7-6-8-10-20/h6-14,22-27H,15-18H2,1-5H3/t22-,23+,24+,25+,26-,27-,30-/m0/s1. The predicted molar refractivity (Wildman–Crippen MR) is 134 cm³/mol. The van der Waals surface area contributed by atoms with E-state index in [-0.39, 0.29) is 23.9 Å². The second-order valence-corrected chi connectivity index (χ2v) is 12.2. The molecule has 7 atom stereocenters. The number of ether oxygens (including phenoxy) is 6. The number of hydrogen-bond acceptors (Lipinski definition) is 6. The zero-order valence-electron chi connectivity index (χ0n) is 21.9. The van der Waals surface area contributed by atoms with Gasteiger partial charge in [0.15, 0.2) is 12.1 Å². The van der Waals surface area contributed by atoms with Gasteiger partial charge < -0.3 is 28.4 Å². The van der Waals surface area contributed by atoms with Crippen LogP contribution in [-0.2, 0) is 40.4 Å². The van der Waals surface area contributed by atoms with Crippen molar-refractivity contribution in [2.45, 2.75) is 95.2 Å². The van der Waals surface area contributed by atoms with Crippen LogP contribution in [0.5, 0.6) is 0 Å². The summed E-state index contributed by atoms with van der Waals surface area (Å²) in [7, 11) is 0. The molecule has 1 saturated carbocycles. The summed E-state index contributed by atoms with van der Waals surface area (Å²) in [5, 5.41) is 0. The minimum atomic E-state index is -1.02. The Bertz CT molecular complexity index is 1060. The lowest BCUT2D eigenvalue weighted by Crippen LogP contribution is -2.62. The number of fused-ring (bicyclic) bond motifs is 1. The van der Waals surface area contributed by atoms with Gasteiger partial charge in [-0.25, -0.2) is 0 Å². The van der Waals surface area contributed by atoms with Crippen LogP contribution in [0.2, 0.25) is 0 Å². The molecule has 0 radical (unpaired) electrons. The zero-order chi connectivity index (χ0) is 25.1. The molecular formula is C30H38O6. The smallest absolute Gasteiger partial charge is 0.224 e. The SMILES string of the molecule is CC1(C)OC[C@]2(OC[C@H]3O[C@H]([C@@H]4C[C@H]4c4ccccc4)O[C@H]3[C@@H]2OCc2ccc(C(C)(C)C)cc2)O1. The third kappa shape index (κ3) is 4.64. The molecule has 1 aliphatic carbocycles. The van der Waals surface area contributed by atoms with Crippen LogP contribution < -0.4 is 0 Å². The quantitative estimate of drug-likeness (QED) is 0.563. The summed E-state index contributed by atoms with van der Waals surface area (Å²) in [4.78, 5) is 0. The van der Waals surface area contributed by atoms with E-state index in [2.05, 4.69) is 75.4 Å². The molecule has 6 rings (SSSR count). The lowest BCUT2D eigenvalue weighted by atomic mass is 9.87. The topological polar surface area (TPSA) is 55.4 Å². The number of rotatable bonds is 5. The lowest BCUT2D eigenvalue weighted by Gasteiger charge is -2.43. The molecule has 4 aliphatic rings. The summed E-state index contributed by atoms with van der Waals surface area (Å²) in [5.74, 6) is -0.957. The van der Waals surface area contributed by atoms with Gasteiger partial charge in [0.1, 0.15) is 24.9 Å². The van der Waals surface area contributed by atoms with Gasteiger partial charge in [0.2, 0.25) is 5.79 Å². The molecule has 36 heavy (non-hydrogen) atoms. The highest BCUT2D eigenvalue weighted by Gasteiger charge is 2.64. The van der Waals surface area contributed by atoms with E-state index >= 15 is 0 Å². The summed E-state index contributed by atoms with van der Waals surface area (Å²) in [6.07, 6.45) is -0.153. The van der Waals surface area contributed by atoms with Crippen molar-refractivity contribution in [2.75, 3.05) is 13.2 Å². The van der Waals surface area contributed by atoms with Gasteiger partial charge in [-0.1, -0.05) is 75.4 Å². The molecule has 3 saturated heterocycles. The minimum absolute atomic E-state index is 0.110. The van der Waals surface area contributed by atoms with Gasteiger partial charge in [0.25, 0.3) is 0 Å². The van der Waals surface area contributed by atoms with Crippen molar-refractivity contribution in [1.82, 2.24) is 0 Å². The van der Waals surface area contributed by atoms with E-state index in [4.69, 9.17) is 28.4 Å². The highest BCUT2D eigenvalue weighted by molar-refractivity contribution is 5.28. The maximum absolute atomic E-state index is 6.60. The summed E-state index contributed by atoms with van der Waals surface area (Å²) < 4.78 is 38.2. The van der Waals surface area contributed by atoms with Crippen molar-refractivity contribution in [2.24, 2.45) is 5.92 Å². The van der Waals surface area contributed by atoms with E-state index in [1.165, 1.54) is 11.1 Å². The van der Waals surface area contributed by atoms with Gasteiger partial charge in [-0.3, -0.25) is 0 Å². The monoisotopic (exact) mass is 494 g/mol. The summed E-state index contributed by atoms with van der Waals surface area (Å²) in [5.41, 5.74) is 3.85. The second kappa shape index (κ2) is 8.90. The van der Waals surface area contributed by atoms with Gasteiger partial charge in [-0.05, 0) is 48.3 Å². The molecule has 0 N–H and O–H groups in total. The Morgan fingerprint density at radius 3 is 2.36 bits per heavy atom. The lowest BCUT2D eigenvalue weighted by molar-refractivity contribution is -0.336. The van der Waals surface area contributed by atoms with Crippen LogP contribution in [0, 0.1) is 5.92 Å². The summed E-state index contributed by atoms with van der Waals surface area (Å²) in [6.45, 7) is 11.6. The van der Waals surface area contributed by atoms with Crippen molar-refractivity contribution >= 4 is 0 Å². The van der Waals surface area contributed by atoms with Gasteiger partial charge in [0.05, 0.1) is 13.2 Å². The number of benzene rings is 2. The third-order valence-electron chi connectivity index (χ3n) is 7.90. The van der Waals surface area contributed by atoms with Crippen molar-refractivity contribution in [3.05, 3.63) is 71.3 Å². The first-order valence-electron chi connectivity index (χ1n) is 13.2. The Labute approximate surface area is 214 Å². The van der Waals surface area contributed by atoms with Gasteiger partial charge in [0, 0.05) is 5.92 Å². The molecule has 0 unspecified atom stereocenters. The van der Waals surface area contributed by atoms with E-state index in [1.54, 1.807) is 0 Å². The molecule has 194 valence electrons. The fourth-order valence-electron chi connectivity index (χ4n) is 5.75. The fourth-order valence-corrected chi connectivity index (χ4v) is 5.75. The van der Waals surface area contributed by atoms with Gasteiger partial charge >= 0.3 is 0 Å². The van der Waals surface area contributed by atoms with E-state index in [9.17, 15) is 0 Å². The van der Waals surface area contributed by atoms with Crippen LogP contribution in [0.3, 0.4) is 0 Å². The Morgan fingerprint density at radius 2 is 1.69 bits per heavy atom. The molecule has 6 nitrogen and oxygen atoms in total. The maximum atomic E-state index is 6.60. The van der Waals surface area contributed by atoms with Crippen LogP contribution in [0.15, 0.2) is 54.6 Å². The summed E-state index contributed by atoms with van der Waals surface area (Å²) >= 11 is 0. The molecule has 6 heteroatoms. The van der Waals surface area contributed by atoms with Crippen molar-refractivity contribution in [3.63, 3.8) is 0 Å². The van der Waals surface area contributed by atoms with Crippen LogP contribution in [0.4, 0.5) is 0 Å². The van der Waals surface area contributed by atoms with Gasteiger partial charge in [-0.2, -0.15) is 0 Å². The molecule has 0 bridgehead atoms. The van der Waals surface area contributed by atoms with E-state index in [0.29, 0.717) is 31.7 Å². The Morgan fingerprint density at radius 1 is 0.944 bits per heavy atom. The van der Waals surface area contributed by atoms with E-state index < -0.39 is 17.7 Å². The highest BCUT2D eigenvalue weighted by atomic mass is 16.9. The number of hydrogen-bond donors (Lipinski definition) is 0. The first-order chi connectivity index (χ1) is 17.1. The van der Waals surface area contributed by atoms with Crippen LogP contribution >= 0.6 is 0 Å². The molecule has 0 aromatic heterocycles. The molecule has 0 amide bonds. The van der Waals surface area contributed by atoms with Crippen molar-refractivity contribution in [3.8, 4) is 0 Å². The molecule has 3 heterocycles. The molecule has 2 aromatic rings. The molecule has 3 aliphatic heterocycles. The van der Waals surface area contributed by atoms with E-state index in [1.807, 2.05) is 13.8 Å². The predicted octanol–water partition coefficient (Wildman–Crippen LogP) is 5.29. The highest BCUT2D eigenvalue weighted by Crippen LogP contribution is 2.54. The van der Waals surface area contributed by atoms with Crippen molar-refractivity contribution in [1.29, 1.82) is 0 Å². The molecule has 4 fully saturated rings. The van der Waals surface area contributed by atoms with Crippen LogP contribution in [0.25, 0.3) is 0 Å². The summed E-state index contributed by atoms with van der Waals surface area (Å²) in [6, 6.07) is 19.2. The average Bonchev–Trinajstić information content (AvgIpc) is 3.43. The first-order valence-corrected chi connectivity index (χ1v) is 13.2. The zero-order valence-corrected chi connectivity index (χ0v) is 21.9. The Hall–Kier alpha value is -1.80. The Kier molecular flexibility index (Phi) is 6.06. The van der Waals surface area contributed by atoms with E-state index in [0.717, 1.165) is 12.0 Å².